The number of carbonyl (C=O) groups is 3. The van der Waals surface area contributed by atoms with Gasteiger partial charge in [0.2, 0.25) is 11.8 Å². The number of halogens is 1. The number of ether oxygens (including phenoxy) is 2. The SMILES string of the molecule is CCC/C(=C\c1ccc(O)cc1Cl)CC[C@H]1OC[C@H]2C1=C(CO[Si](c1ccccc1)(c1ccccc1)C(C)(C)C)C[C@H]1C(=O)N(C(=O)OC)C(=O)[C@H]12. The molecule has 0 unspecified atom stereocenters. The molecule has 2 aliphatic heterocycles. The average molecular weight is 742 g/mol. The minimum Gasteiger partial charge on any atom is -0.508 e. The van der Waals surface area contributed by atoms with Crippen molar-refractivity contribution >= 4 is 54.3 Å². The van der Waals surface area contributed by atoms with E-state index in [0.717, 1.165) is 46.3 Å². The lowest BCUT2D eigenvalue weighted by Crippen LogP contribution is -2.66. The molecule has 3 aliphatic rings. The number of hydrogen-bond acceptors (Lipinski definition) is 7. The maximum Gasteiger partial charge on any atom is 0.423 e. The molecule has 3 amide bonds. The Morgan fingerprint density at radius 3 is 2.21 bits per heavy atom. The fourth-order valence-corrected chi connectivity index (χ4v) is 13.4. The third-order valence-electron chi connectivity index (χ3n) is 10.9. The van der Waals surface area contributed by atoms with Crippen LogP contribution >= 0.6 is 11.6 Å². The molecule has 0 aromatic heterocycles. The number of hydrogen-bond donors (Lipinski definition) is 1. The minimum absolute atomic E-state index is 0.116. The summed E-state index contributed by atoms with van der Waals surface area (Å²) in [5.41, 5.74) is 4.03. The molecule has 0 bridgehead atoms. The van der Waals surface area contributed by atoms with Gasteiger partial charge in [-0.15, -0.1) is 0 Å². The molecule has 3 aromatic rings. The highest BCUT2D eigenvalue weighted by molar-refractivity contribution is 6.99. The van der Waals surface area contributed by atoms with Crippen LogP contribution in [-0.2, 0) is 23.5 Å². The van der Waals surface area contributed by atoms with E-state index in [2.05, 4.69) is 82.3 Å². The van der Waals surface area contributed by atoms with Crippen LogP contribution < -0.4 is 10.4 Å². The van der Waals surface area contributed by atoms with Gasteiger partial charge in [0.25, 0.3) is 8.32 Å². The van der Waals surface area contributed by atoms with Crippen LogP contribution in [0.15, 0.2) is 95.6 Å². The first-order valence-corrected chi connectivity index (χ1v) is 20.4. The summed E-state index contributed by atoms with van der Waals surface area (Å²) in [6, 6.07) is 25.8. The van der Waals surface area contributed by atoms with Crippen LogP contribution in [0.25, 0.3) is 6.08 Å². The Balaban J connectivity index is 1.40. The van der Waals surface area contributed by atoms with E-state index in [1.165, 1.54) is 12.7 Å². The molecular formula is C42H48ClNO7Si. The lowest BCUT2D eigenvalue weighted by atomic mass is 9.69. The van der Waals surface area contributed by atoms with E-state index < -0.39 is 38.1 Å². The number of carbonyl (C=O) groups excluding carboxylic acids is 3. The zero-order valence-corrected chi connectivity index (χ0v) is 32.3. The predicted octanol–water partition coefficient (Wildman–Crippen LogP) is 7.67. The quantitative estimate of drug-likeness (QED) is 0.122. The van der Waals surface area contributed by atoms with Gasteiger partial charge in [-0.05, 0) is 76.0 Å². The van der Waals surface area contributed by atoms with Gasteiger partial charge < -0.3 is 19.0 Å². The van der Waals surface area contributed by atoms with E-state index in [4.69, 9.17) is 25.5 Å². The maximum atomic E-state index is 13.8. The van der Waals surface area contributed by atoms with E-state index >= 15 is 0 Å². The molecule has 0 radical (unpaired) electrons. The van der Waals surface area contributed by atoms with Crippen molar-refractivity contribution in [3.63, 3.8) is 0 Å². The van der Waals surface area contributed by atoms with Crippen LogP contribution in [0.1, 0.15) is 65.4 Å². The van der Waals surface area contributed by atoms with Crippen molar-refractivity contribution in [2.45, 2.75) is 70.9 Å². The molecule has 1 aliphatic carbocycles. The number of nitrogens with zero attached hydrogens (tertiary/aromatic N) is 1. The van der Waals surface area contributed by atoms with Gasteiger partial charge in [-0.25, -0.2) is 4.79 Å². The van der Waals surface area contributed by atoms with E-state index in [1.807, 2.05) is 18.2 Å². The second-order valence-corrected chi connectivity index (χ2v) is 19.8. The smallest absolute Gasteiger partial charge is 0.423 e. The third kappa shape index (κ3) is 7.04. The number of methoxy groups -OCH3 is 1. The molecule has 0 spiro atoms. The van der Waals surface area contributed by atoms with E-state index in [-0.39, 0.29) is 36.0 Å². The summed E-state index contributed by atoms with van der Waals surface area (Å²) in [7, 11) is -1.77. The Morgan fingerprint density at radius 2 is 1.63 bits per heavy atom. The molecule has 6 rings (SSSR count). The number of benzene rings is 3. The molecular weight excluding hydrogens is 694 g/mol. The minimum atomic E-state index is -2.95. The first kappa shape index (κ1) is 37.7. The van der Waals surface area contributed by atoms with Crippen LogP contribution in [0.3, 0.4) is 0 Å². The molecule has 274 valence electrons. The highest BCUT2D eigenvalue weighted by Gasteiger charge is 2.59. The molecule has 2 heterocycles. The molecule has 2 saturated heterocycles. The summed E-state index contributed by atoms with van der Waals surface area (Å²) >= 11 is 6.48. The molecule has 10 heteroatoms. The van der Waals surface area contributed by atoms with E-state index in [9.17, 15) is 19.5 Å². The number of rotatable bonds is 11. The molecule has 1 N–H and O–H groups in total. The molecule has 52 heavy (non-hydrogen) atoms. The number of amides is 3. The fourth-order valence-electron chi connectivity index (χ4n) is 8.59. The third-order valence-corrected chi connectivity index (χ3v) is 16.2. The summed E-state index contributed by atoms with van der Waals surface area (Å²) in [4.78, 5) is 40.9. The van der Waals surface area contributed by atoms with Crippen LogP contribution in [0.4, 0.5) is 4.79 Å². The Bertz CT molecular complexity index is 1830. The molecule has 0 saturated carbocycles. The highest BCUT2D eigenvalue weighted by Crippen LogP contribution is 2.50. The number of aromatic hydroxyl groups is 1. The number of allylic oxidation sites excluding steroid dienone is 1. The number of fused-ring (bicyclic) bond motifs is 3. The van der Waals surface area contributed by atoms with Crippen molar-refractivity contribution in [3.05, 3.63) is 106 Å². The first-order chi connectivity index (χ1) is 24.9. The van der Waals surface area contributed by atoms with Gasteiger partial charge >= 0.3 is 6.09 Å². The maximum absolute atomic E-state index is 13.8. The van der Waals surface area contributed by atoms with Crippen LogP contribution in [0, 0.1) is 17.8 Å². The van der Waals surface area contributed by atoms with Gasteiger partial charge in [0.15, 0.2) is 0 Å². The normalized spacial score (nSPS) is 22.1. The van der Waals surface area contributed by atoms with Crippen LogP contribution in [-0.4, -0.2) is 62.7 Å². The largest absolute Gasteiger partial charge is 0.508 e. The summed E-state index contributed by atoms with van der Waals surface area (Å²) in [6.07, 6.45) is 4.34. The van der Waals surface area contributed by atoms with Crippen molar-refractivity contribution in [2.24, 2.45) is 17.8 Å². The molecule has 8 nitrogen and oxygen atoms in total. The second-order valence-electron chi connectivity index (χ2n) is 15.1. The number of imide groups is 3. The van der Waals surface area contributed by atoms with Gasteiger partial charge in [-0.2, -0.15) is 4.90 Å². The van der Waals surface area contributed by atoms with Crippen molar-refractivity contribution in [2.75, 3.05) is 20.3 Å². The van der Waals surface area contributed by atoms with Gasteiger partial charge in [-0.1, -0.05) is 118 Å². The van der Waals surface area contributed by atoms with E-state index in [0.29, 0.717) is 22.8 Å². The van der Waals surface area contributed by atoms with Gasteiger partial charge in [-0.3, -0.25) is 9.59 Å². The highest BCUT2D eigenvalue weighted by atomic mass is 35.5. The van der Waals surface area contributed by atoms with Crippen molar-refractivity contribution in [3.8, 4) is 5.75 Å². The molecule has 2 fully saturated rings. The molecule has 3 aromatic carbocycles. The summed E-state index contributed by atoms with van der Waals surface area (Å²) in [5, 5.41) is 12.4. The van der Waals surface area contributed by atoms with Crippen LogP contribution in [0.5, 0.6) is 5.75 Å². The first-order valence-electron chi connectivity index (χ1n) is 18.1. The summed E-state index contributed by atoms with van der Waals surface area (Å²) in [6.45, 7) is 9.36. The van der Waals surface area contributed by atoms with E-state index in [1.54, 1.807) is 12.1 Å². The monoisotopic (exact) mass is 741 g/mol. The Hall–Kier alpha value is -4.02. The lowest BCUT2D eigenvalue weighted by molar-refractivity contribution is -0.137. The standard InChI is InChI=1S/C42H48ClNO7Si/c1-6-13-27(22-28-19-20-30(45)24-35(28)43)18-21-36-37-29(23-33-38(34(37)26-50-36)40(47)44(39(33)46)41(48)49-5)25-51-52(42(2,3)4,31-14-9-7-10-15-31)32-16-11-8-12-17-32/h7-12,14-17,19-20,22,24,33-34,36,38,45H,6,13,18,21,23,25-26H2,1-5H3/b27-22+/t33-,34+,36-,38-/m1/s1. The number of phenols is 1. The predicted molar refractivity (Wildman–Crippen MR) is 205 cm³/mol. The summed E-state index contributed by atoms with van der Waals surface area (Å²) < 4.78 is 18.8. The van der Waals surface area contributed by atoms with Gasteiger partial charge in [0.05, 0.1) is 43.3 Å². The fraction of sp³-hybridized carbons (Fsp3) is 0.405. The topological polar surface area (TPSA) is 102 Å². The summed E-state index contributed by atoms with van der Waals surface area (Å²) in [5.74, 6) is -2.69. The zero-order valence-electron chi connectivity index (χ0n) is 30.6. The molecule has 4 atom stereocenters. The number of phenolic OH excluding ortho intramolecular Hbond substituents is 1. The van der Waals surface area contributed by atoms with Crippen molar-refractivity contribution in [1.29, 1.82) is 0 Å². The zero-order chi connectivity index (χ0) is 37.2. The Labute approximate surface area is 312 Å². The van der Waals surface area contributed by atoms with Gasteiger partial charge in [0, 0.05) is 5.92 Å². The Kier molecular flexibility index (Phi) is 11.3. The Morgan fingerprint density at radius 1 is 0.981 bits per heavy atom. The second kappa shape index (κ2) is 15.5. The number of likely N-dealkylation sites (tertiary alicyclic amines) is 1. The lowest BCUT2D eigenvalue weighted by Gasteiger charge is -2.44. The van der Waals surface area contributed by atoms with Crippen molar-refractivity contribution in [1.82, 2.24) is 4.90 Å². The average Bonchev–Trinajstić information content (AvgIpc) is 3.66. The van der Waals surface area contributed by atoms with Gasteiger partial charge in [0.1, 0.15) is 5.75 Å². The van der Waals surface area contributed by atoms with Crippen LogP contribution in [0.2, 0.25) is 10.1 Å². The van der Waals surface area contributed by atoms with Crippen molar-refractivity contribution < 1.29 is 33.4 Å².